The molecule has 1 atom stereocenters. The molecular weight excluding hydrogens is 792 g/mol. The van der Waals surface area contributed by atoms with Gasteiger partial charge in [-0.15, -0.1) is 0 Å². The number of imidazole rings is 1. The number of fused-ring (bicyclic) bond motifs is 2. The molecule has 2 aliphatic heterocycles. The van der Waals surface area contributed by atoms with Gasteiger partial charge in [-0.3, -0.25) is 33.5 Å². The number of alkyl halides is 3. The number of para-hydroxylation sites is 1. The lowest BCUT2D eigenvalue weighted by Crippen LogP contribution is -2.49. The molecule has 2 saturated heterocycles. The second-order valence-electron chi connectivity index (χ2n) is 17.6. The van der Waals surface area contributed by atoms with Crippen LogP contribution < -0.4 is 26.4 Å². The maximum Gasteiger partial charge on any atom is 0.433 e. The lowest BCUT2D eigenvalue weighted by molar-refractivity contribution is -0.141. The average Bonchev–Trinajstić information content (AvgIpc) is 3.76. The Hall–Kier alpha value is -5.71. The van der Waals surface area contributed by atoms with E-state index in [1.54, 1.807) is 23.7 Å². The van der Waals surface area contributed by atoms with Crippen LogP contribution in [0.3, 0.4) is 0 Å². The predicted molar refractivity (Wildman–Crippen MR) is 222 cm³/mol. The van der Waals surface area contributed by atoms with Gasteiger partial charge < -0.3 is 20.3 Å². The van der Waals surface area contributed by atoms with Crippen molar-refractivity contribution in [1.29, 1.82) is 0 Å². The van der Waals surface area contributed by atoms with E-state index in [9.17, 15) is 32.3 Å². The van der Waals surface area contributed by atoms with Gasteiger partial charge in [0.1, 0.15) is 23.2 Å². The van der Waals surface area contributed by atoms with Crippen LogP contribution in [0.15, 0.2) is 59.5 Å². The number of nitrogens with one attached hydrogen (secondary N) is 3. The first kappa shape index (κ1) is 40.7. The first-order chi connectivity index (χ1) is 29.3. The van der Waals surface area contributed by atoms with Gasteiger partial charge in [0.2, 0.25) is 11.8 Å². The van der Waals surface area contributed by atoms with E-state index in [2.05, 4.69) is 25.8 Å². The molecule has 4 aliphatic rings. The number of rotatable bonds is 10. The summed E-state index contributed by atoms with van der Waals surface area (Å²) in [5.41, 5.74) is 2.01. The molecule has 5 heterocycles. The third kappa shape index (κ3) is 7.99. The van der Waals surface area contributed by atoms with Crippen molar-refractivity contribution in [1.82, 2.24) is 34.1 Å². The minimum Gasteiger partial charge on any atom is -0.494 e. The molecule has 3 N–H and O–H groups in total. The second kappa shape index (κ2) is 16.0. The molecule has 322 valence electrons. The molecule has 5 aromatic rings. The summed E-state index contributed by atoms with van der Waals surface area (Å²) < 4.78 is 50.2. The summed E-state index contributed by atoms with van der Waals surface area (Å²) in [4.78, 5) is 56.8. The lowest BCUT2D eigenvalue weighted by atomic mass is 9.57. The topological polar surface area (TPSA) is 157 Å². The molecule has 0 bridgehead atoms. The van der Waals surface area contributed by atoms with Crippen LogP contribution in [0.2, 0.25) is 0 Å². The number of halogens is 3. The first-order valence-electron chi connectivity index (χ1n) is 21.2. The van der Waals surface area contributed by atoms with Gasteiger partial charge in [0.15, 0.2) is 0 Å². The largest absolute Gasteiger partial charge is 0.494 e. The standard InChI is InChI=1S/C44H50F3N9O5/c1-53-39-30(5-3-7-34(39)56(42(53)60)35-13-14-38(57)51-41(35)59)48-23-27-21-43(22-27)15-17-54(18-16-43)24-26-9-11-29(12-10-26)55-25-28-19-33(36(61-2)20-32(28)52-55)50-40(58)31-6-4-8-37(49-31)44(45,46)47/h3-8,19-20,25-27,29,35,48H,9-18,21-24H2,1-2H3,(H,50,58)(H,51,57,59)/t26-,29-,35?. The van der Waals surface area contributed by atoms with E-state index in [0.29, 0.717) is 46.1 Å². The Morgan fingerprint density at radius 3 is 2.44 bits per heavy atom. The van der Waals surface area contributed by atoms with Gasteiger partial charge >= 0.3 is 11.9 Å². The zero-order valence-corrected chi connectivity index (χ0v) is 34.3. The van der Waals surface area contributed by atoms with Crippen LogP contribution >= 0.6 is 0 Å². The fraction of sp³-hybridized carbons (Fsp3) is 0.500. The van der Waals surface area contributed by atoms with Gasteiger partial charge in [-0.25, -0.2) is 9.78 Å². The van der Waals surface area contributed by atoms with Crippen LogP contribution in [0.1, 0.15) is 92.5 Å². The highest BCUT2D eigenvalue weighted by atomic mass is 19.4. The molecular formula is C44H50F3N9O5. The van der Waals surface area contributed by atoms with Gasteiger partial charge in [-0.2, -0.15) is 18.3 Å². The number of benzene rings is 2. The molecule has 61 heavy (non-hydrogen) atoms. The van der Waals surface area contributed by atoms with Gasteiger partial charge in [0, 0.05) is 44.2 Å². The summed E-state index contributed by atoms with van der Waals surface area (Å²) >= 11 is 0. The van der Waals surface area contributed by atoms with E-state index < -0.39 is 29.7 Å². The Labute approximate surface area is 349 Å². The highest BCUT2D eigenvalue weighted by Crippen LogP contribution is 2.53. The Morgan fingerprint density at radius 2 is 1.72 bits per heavy atom. The SMILES string of the molecule is COc1cc2nn([C@H]3CC[C@H](CN4CCC5(CC4)CC(CNc4cccc6c4n(C)c(=O)n6C4CCC(=O)NC4=O)C5)CC3)cc2cc1NC(=O)c1cccc(C(F)(F)F)n1. The number of nitrogens with zero attached hydrogens (tertiary/aromatic N) is 6. The van der Waals surface area contributed by atoms with Crippen LogP contribution in [0.25, 0.3) is 21.9 Å². The van der Waals surface area contributed by atoms with Crippen LogP contribution in [-0.2, 0) is 22.8 Å². The fourth-order valence-corrected chi connectivity index (χ4v) is 10.4. The second-order valence-corrected chi connectivity index (χ2v) is 17.6. The molecule has 14 nitrogen and oxygen atoms in total. The van der Waals surface area contributed by atoms with E-state index in [0.717, 1.165) is 80.6 Å². The number of aromatic nitrogens is 5. The van der Waals surface area contributed by atoms with Crippen molar-refractivity contribution in [2.75, 3.05) is 43.9 Å². The zero-order valence-electron chi connectivity index (χ0n) is 34.3. The minimum absolute atomic E-state index is 0.206. The molecule has 1 unspecified atom stereocenters. The number of hydrogen-bond acceptors (Lipinski definition) is 9. The van der Waals surface area contributed by atoms with Gasteiger partial charge in [-0.1, -0.05) is 12.1 Å². The zero-order chi connectivity index (χ0) is 42.6. The number of imide groups is 1. The normalized spacial score (nSPS) is 22.3. The summed E-state index contributed by atoms with van der Waals surface area (Å²) in [6.45, 7) is 4.16. The molecule has 17 heteroatoms. The summed E-state index contributed by atoms with van der Waals surface area (Å²) in [5.74, 6) is 0.0185. The van der Waals surface area contributed by atoms with Crippen molar-refractivity contribution >= 4 is 51.0 Å². The number of hydrogen-bond donors (Lipinski definition) is 3. The van der Waals surface area contributed by atoms with E-state index in [-0.39, 0.29) is 29.8 Å². The number of aryl methyl sites for hydroxylation is 1. The number of pyridine rings is 1. The number of amides is 3. The van der Waals surface area contributed by atoms with Crippen LogP contribution in [0.4, 0.5) is 24.5 Å². The maximum atomic E-state index is 13.3. The number of carbonyl (C=O) groups excluding carboxylic acids is 3. The molecule has 4 fully saturated rings. The Kier molecular flexibility index (Phi) is 10.6. The molecule has 1 spiro atoms. The number of carbonyl (C=O) groups is 3. The number of likely N-dealkylation sites (tertiary alicyclic amines) is 1. The van der Waals surface area contributed by atoms with Crippen molar-refractivity contribution in [3.8, 4) is 5.75 Å². The van der Waals surface area contributed by atoms with Crippen molar-refractivity contribution in [2.45, 2.75) is 82.5 Å². The van der Waals surface area contributed by atoms with Crippen LogP contribution in [-0.4, -0.2) is 79.8 Å². The van der Waals surface area contributed by atoms with E-state index in [4.69, 9.17) is 9.84 Å². The third-order valence-corrected chi connectivity index (χ3v) is 13.6. The highest BCUT2D eigenvalue weighted by molar-refractivity contribution is 6.05. The maximum absolute atomic E-state index is 13.3. The number of anilines is 2. The molecule has 3 amide bonds. The van der Waals surface area contributed by atoms with Crippen LogP contribution in [0, 0.1) is 17.3 Å². The summed E-state index contributed by atoms with van der Waals surface area (Å²) in [6, 6.07) is 12.0. The summed E-state index contributed by atoms with van der Waals surface area (Å²) in [6.07, 6.45) is 6.85. The molecule has 9 rings (SSSR count). The number of ether oxygens (including phenoxy) is 1. The molecule has 0 radical (unpaired) electrons. The van der Waals surface area contributed by atoms with Gasteiger partial charge in [-0.05, 0) is 118 Å². The Bertz CT molecular complexity index is 2560. The third-order valence-electron chi connectivity index (χ3n) is 13.6. The predicted octanol–water partition coefficient (Wildman–Crippen LogP) is 6.68. The molecule has 2 saturated carbocycles. The smallest absolute Gasteiger partial charge is 0.433 e. The van der Waals surface area contributed by atoms with Crippen molar-refractivity contribution < 1.29 is 32.3 Å². The van der Waals surface area contributed by atoms with E-state index >= 15 is 0 Å². The monoisotopic (exact) mass is 841 g/mol. The quantitative estimate of drug-likeness (QED) is 0.131. The molecule has 3 aromatic heterocycles. The molecule has 2 aliphatic carbocycles. The number of methoxy groups -OCH3 is 1. The minimum atomic E-state index is -4.66. The van der Waals surface area contributed by atoms with Gasteiger partial charge in [0.25, 0.3) is 5.91 Å². The van der Waals surface area contributed by atoms with Crippen molar-refractivity contribution in [3.05, 3.63) is 76.6 Å². The number of piperidine rings is 2. The first-order valence-corrected chi connectivity index (χ1v) is 21.2. The van der Waals surface area contributed by atoms with E-state index in [1.165, 1.54) is 43.4 Å². The van der Waals surface area contributed by atoms with E-state index in [1.807, 2.05) is 29.1 Å². The highest BCUT2D eigenvalue weighted by Gasteiger charge is 2.46. The summed E-state index contributed by atoms with van der Waals surface area (Å²) in [5, 5.41) is 14.3. The fourth-order valence-electron chi connectivity index (χ4n) is 10.4. The van der Waals surface area contributed by atoms with Crippen molar-refractivity contribution in [2.24, 2.45) is 24.3 Å². The van der Waals surface area contributed by atoms with Crippen molar-refractivity contribution in [3.63, 3.8) is 0 Å². The van der Waals surface area contributed by atoms with Gasteiger partial charge in [0.05, 0.1) is 41.1 Å². The van der Waals surface area contributed by atoms with Crippen LogP contribution in [0.5, 0.6) is 5.75 Å². The Balaban J connectivity index is 0.743. The summed E-state index contributed by atoms with van der Waals surface area (Å²) in [7, 11) is 3.19. The average molecular weight is 842 g/mol. The lowest BCUT2D eigenvalue weighted by Gasteiger charge is -2.53. The Morgan fingerprint density at radius 1 is 0.967 bits per heavy atom. The molecule has 2 aromatic carbocycles.